The predicted octanol–water partition coefficient (Wildman–Crippen LogP) is 3.63. The molecule has 0 aliphatic heterocycles. The summed E-state index contributed by atoms with van der Waals surface area (Å²) in [6.07, 6.45) is 0. The lowest BCUT2D eigenvalue weighted by Crippen LogP contribution is -2.29. The van der Waals surface area contributed by atoms with Crippen LogP contribution in [0.4, 0.5) is 5.00 Å². The van der Waals surface area contributed by atoms with Crippen LogP contribution in [0.2, 0.25) is 0 Å². The molecule has 0 aliphatic carbocycles. The summed E-state index contributed by atoms with van der Waals surface area (Å²) in [5.41, 5.74) is 0.639. The van der Waals surface area contributed by atoms with E-state index in [2.05, 4.69) is 10.4 Å². The number of nitrogens with zero attached hydrogens (tertiary/aromatic N) is 2. The van der Waals surface area contributed by atoms with Gasteiger partial charge in [0, 0.05) is 10.3 Å². The molecular formula is C23H25N3O6S. The second-order valence-corrected chi connectivity index (χ2v) is 8.79. The average Bonchev–Trinajstić information content (AvgIpc) is 3.05. The fourth-order valence-corrected chi connectivity index (χ4v) is 4.30. The Kier molecular flexibility index (Phi) is 7.27. The maximum absolute atomic E-state index is 12.8. The quantitative estimate of drug-likeness (QED) is 0.523. The van der Waals surface area contributed by atoms with Crippen molar-refractivity contribution in [2.75, 3.05) is 18.5 Å². The summed E-state index contributed by atoms with van der Waals surface area (Å²) in [7, 11) is 0. The second-order valence-electron chi connectivity index (χ2n) is 7.57. The number of carbonyl (C=O) groups is 3. The van der Waals surface area contributed by atoms with Gasteiger partial charge in [0.15, 0.2) is 12.3 Å². The smallest absolute Gasteiger partial charge is 0.359 e. The summed E-state index contributed by atoms with van der Waals surface area (Å²) in [5, 5.41) is 7.81. The zero-order valence-corrected chi connectivity index (χ0v) is 19.9. The number of ether oxygens (including phenoxy) is 2. The van der Waals surface area contributed by atoms with Crippen LogP contribution >= 0.6 is 11.3 Å². The highest BCUT2D eigenvalue weighted by Gasteiger charge is 2.23. The van der Waals surface area contributed by atoms with Gasteiger partial charge >= 0.3 is 11.9 Å². The highest BCUT2D eigenvalue weighted by atomic mass is 32.1. The summed E-state index contributed by atoms with van der Waals surface area (Å²) in [6, 6.07) is 6.32. The lowest BCUT2D eigenvalue weighted by atomic mass is 10.1. The number of thiophene rings is 1. The number of benzene rings is 1. The van der Waals surface area contributed by atoms with Crippen molar-refractivity contribution in [1.82, 2.24) is 9.78 Å². The Morgan fingerprint density at radius 1 is 1.09 bits per heavy atom. The number of nitrogens with one attached hydrogen (secondary N) is 1. The summed E-state index contributed by atoms with van der Waals surface area (Å²) >= 11 is 1.24. The van der Waals surface area contributed by atoms with Gasteiger partial charge < -0.3 is 14.8 Å². The van der Waals surface area contributed by atoms with E-state index >= 15 is 0 Å². The number of aromatic nitrogens is 2. The predicted molar refractivity (Wildman–Crippen MR) is 125 cm³/mol. The van der Waals surface area contributed by atoms with Gasteiger partial charge in [-0.15, -0.1) is 11.3 Å². The standard InChI is InChI=1S/C23H25N3O6S/c1-6-31-22(29)18-13(4)14(5)33-20(18)24-17(27)11-32-23(30)19-15-9-7-8-10-16(15)21(28)26(25-19)12(2)3/h7-10,12H,6,11H2,1-5H3,(H,24,27). The first kappa shape index (κ1) is 24.1. The third-order valence-electron chi connectivity index (χ3n) is 4.96. The molecule has 0 spiro atoms. The number of esters is 2. The molecule has 10 heteroatoms. The third kappa shape index (κ3) is 4.95. The van der Waals surface area contributed by atoms with Crippen LogP contribution in [0.5, 0.6) is 0 Å². The summed E-state index contributed by atoms with van der Waals surface area (Å²) in [4.78, 5) is 51.0. The molecule has 0 fully saturated rings. The molecule has 3 aromatic rings. The van der Waals surface area contributed by atoms with Crippen molar-refractivity contribution in [2.24, 2.45) is 0 Å². The maximum Gasteiger partial charge on any atom is 0.359 e. The van der Waals surface area contributed by atoms with E-state index in [4.69, 9.17) is 9.47 Å². The number of carbonyl (C=O) groups excluding carboxylic acids is 3. The van der Waals surface area contributed by atoms with E-state index in [1.807, 2.05) is 6.92 Å². The van der Waals surface area contributed by atoms with Crippen LogP contribution in [-0.4, -0.2) is 40.8 Å². The molecule has 2 aromatic heterocycles. The van der Waals surface area contributed by atoms with Crippen molar-refractivity contribution in [3.05, 3.63) is 56.3 Å². The molecule has 0 saturated heterocycles. The van der Waals surface area contributed by atoms with Gasteiger partial charge in [-0.1, -0.05) is 18.2 Å². The molecule has 0 saturated carbocycles. The highest BCUT2D eigenvalue weighted by Crippen LogP contribution is 2.33. The first-order valence-electron chi connectivity index (χ1n) is 10.4. The molecule has 1 N–H and O–H groups in total. The number of aryl methyl sites for hydroxylation is 1. The average molecular weight is 472 g/mol. The first-order valence-corrected chi connectivity index (χ1v) is 11.2. The van der Waals surface area contributed by atoms with Gasteiger partial charge in [-0.3, -0.25) is 9.59 Å². The molecular weight excluding hydrogens is 446 g/mol. The number of rotatable bonds is 7. The van der Waals surface area contributed by atoms with Crippen molar-refractivity contribution in [2.45, 2.75) is 40.7 Å². The van der Waals surface area contributed by atoms with Crippen LogP contribution in [0.25, 0.3) is 10.8 Å². The lowest BCUT2D eigenvalue weighted by Gasteiger charge is -2.13. The van der Waals surface area contributed by atoms with E-state index in [0.717, 1.165) is 10.4 Å². The van der Waals surface area contributed by atoms with Crippen molar-refractivity contribution in [3.63, 3.8) is 0 Å². The molecule has 33 heavy (non-hydrogen) atoms. The molecule has 0 unspecified atom stereocenters. The Morgan fingerprint density at radius 2 is 1.76 bits per heavy atom. The van der Waals surface area contributed by atoms with Crippen LogP contribution in [0.1, 0.15) is 58.1 Å². The van der Waals surface area contributed by atoms with Gasteiger partial charge in [-0.2, -0.15) is 5.10 Å². The molecule has 0 radical (unpaired) electrons. The van der Waals surface area contributed by atoms with Crippen LogP contribution in [0, 0.1) is 13.8 Å². The minimum atomic E-state index is -0.833. The number of anilines is 1. The van der Waals surface area contributed by atoms with Gasteiger partial charge in [0.2, 0.25) is 0 Å². The Labute approximate surface area is 194 Å². The zero-order valence-electron chi connectivity index (χ0n) is 19.1. The summed E-state index contributed by atoms with van der Waals surface area (Å²) in [5.74, 6) is -1.98. The van der Waals surface area contributed by atoms with E-state index in [1.165, 1.54) is 16.0 Å². The molecule has 9 nitrogen and oxygen atoms in total. The van der Waals surface area contributed by atoms with Crippen molar-refractivity contribution < 1.29 is 23.9 Å². The van der Waals surface area contributed by atoms with Gasteiger partial charge in [0.1, 0.15) is 5.00 Å². The minimum absolute atomic E-state index is 0.0540. The maximum atomic E-state index is 12.8. The fourth-order valence-electron chi connectivity index (χ4n) is 3.23. The van der Waals surface area contributed by atoms with Crippen molar-refractivity contribution in [1.29, 1.82) is 0 Å². The largest absolute Gasteiger partial charge is 0.462 e. The number of amides is 1. The normalized spacial score (nSPS) is 11.0. The Balaban J connectivity index is 1.80. The van der Waals surface area contributed by atoms with E-state index in [9.17, 15) is 19.2 Å². The van der Waals surface area contributed by atoms with Gasteiger partial charge in [0.25, 0.3) is 11.5 Å². The molecule has 0 aliphatic rings. The first-order chi connectivity index (χ1) is 15.6. The van der Waals surface area contributed by atoms with E-state index in [0.29, 0.717) is 15.8 Å². The van der Waals surface area contributed by atoms with Gasteiger partial charge in [0.05, 0.1) is 23.6 Å². The van der Waals surface area contributed by atoms with Gasteiger partial charge in [-0.05, 0) is 46.2 Å². The van der Waals surface area contributed by atoms with Crippen LogP contribution < -0.4 is 10.9 Å². The van der Waals surface area contributed by atoms with Crippen molar-refractivity contribution in [3.8, 4) is 0 Å². The Bertz CT molecular complexity index is 1290. The molecule has 3 rings (SSSR count). The zero-order chi connectivity index (χ0) is 24.3. The monoisotopic (exact) mass is 471 g/mol. The summed E-state index contributed by atoms with van der Waals surface area (Å²) < 4.78 is 11.5. The molecule has 174 valence electrons. The lowest BCUT2D eigenvalue weighted by molar-refractivity contribution is -0.119. The Hall–Kier alpha value is -3.53. The van der Waals surface area contributed by atoms with E-state index in [-0.39, 0.29) is 29.5 Å². The number of hydrogen-bond acceptors (Lipinski definition) is 8. The van der Waals surface area contributed by atoms with Crippen LogP contribution in [-0.2, 0) is 14.3 Å². The SMILES string of the molecule is CCOC(=O)c1c(NC(=O)COC(=O)c2nn(C(C)C)c(=O)c3ccccc23)sc(C)c1C. The van der Waals surface area contributed by atoms with Gasteiger partial charge in [-0.25, -0.2) is 14.3 Å². The second kappa shape index (κ2) is 9.95. The molecule has 2 heterocycles. The van der Waals surface area contributed by atoms with Crippen LogP contribution in [0.15, 0.2) is 29.1 Å². The fraction of sp³-hybridized carbons (Fsp3) is 0.348. The number of fused-ring (bicyclic) bond motifs is 1. The molecule has 1 amide bonds. The molecule has 0 atom stereocenters. The van der Waals surface area contributed by atoms with E-state index < -0.39 is 24.5 Å². The van der Waals surface area contributed by atoms with E-state index in [1.54, 1.807) is 52.0 Å². The minimum Gasteiger partial charge on any atom is -0.462 e. The molecule has 1 aromatic carbocycles. The Morgan fingerprint density at radius 3 is 2.39 bits per heavy atom. The number of hydrogen-bond donors (Lipinski definition) is 1. The third-order valence-corrected chi connectivity index (χ3v) is 6.09. The highest BCUT2D eigenvalue weighted by molar-refractivity contribution is 7.16. The topological polar surface area (TPSA) is 117 Å². The summed E-state index contributed by atoms with van der Waals surface area (Å²) in [6.45, 7) is 8.47. The van der Waals surface area contributed by atoms with Crippen molar-refractivity contribution >= 4 is 45.0 Å². The molecule has 0 bridgehead atoms. The van der Waals surface area contributed by atoms with Crippen LogP contribution in [0.3, 0.4) is 0 Å².